The highest BCUT2D eigenvalue weighted by Crippen LogP contribution is 2.10. The van der Waals surface area contributed by atoms with Gasteiger partial charge in [0.05, 0.1) is 12.8 Å². The number of esters is 1. The highest BCUT2D eigenvalue weighted by molar-refractivity contribution is 6.43. The van der Waals surface area contributed by atoms with Crippen LogP contribution in [0.25, 0.3) is 0 Å². The Hall–Kier alpha value is -2.62. The Morgan fingerprint density at radius 3 is 2.00 bits per heavy atom. The molecule has 0 aromatic heterocycles. The van der Waals surface area contributed by atoms with E-state index in [1.54, 1.807) is 0 Å². The van der Waals surface area contributed by atoms with Crippen molar-refractivity contribution >= 4 is 17.4 Å². The van der Waals surface area contributed by atoms with Crippen LogP contribution < -0.4 is 5.43 Å². The molecular formula is C17H18N2O2. The molecule has 0 spiro atoms. The van der Waals surface area contributed by atoms with Crippen LogP contribution in [0.3, 0.4) is 0 Å². The first-order valence-corrected chi connectivity index (χ1v) is 6.66. The molecule has 2 aromatic rings. The number of methoxy groups -OCH3 is 1. The standard InChI is InChI=1S/C17H18N2O2/c1-12-4-8-14(9-5-12)16(17(20)21-3)19-18-15-10-6-13(2)7-11-15/h4-11,18H,1-3H3/b19-16+. The molecule has 4 heteroatoms. The second kappa shape index (κ2) is 6.70. The third-order valence-electron chi connectivity index (χ3n) is 3.05. The summed E-state index contributed by atoms with van der Waals surface area (Å²) in [5.74, 6) is -0.474. The normalized spacial score (nSPS) is 11.1. The highest BCUT2D eigenvalue weighted by Gasteiger charge is 2.14. The summed E-state index contributed by atoms with van der Waals surface area (Å²) in [6.07, 6.45) is 0. The predicted octanol–water partition coefficient (Wildman–Crippen LogP) is 3.29. The van der Waals surface area contributed by atoms with E-state index in [0.717, 1.165) is 16.8 Å². The molecule has 0 heterocycles. The zero-order valence-electron chi connectivity index (χ0n) is 12.4. The first-order chi connectivity index (χ1) is 10.1. The summed E-state index contributed by atoms with van der Waals surface area (Å²) in [4.78, 5) is 11.9. The van der Waals surface area contributed by atoms with Crippen LogP contribution in [0.4, 0.5) is 5.69 Å². The molecule has 0 aliphatic rings. The average Bonchev–Trinajstić information content (AvgIpc) is 2.50. The third kappa shape index (κ3) is 3.92. The second-order valence-electron chi connectivity index (χ2n) is 4.80. The van der Waals surface area contributed by atoms with E-state index in [-0.39, 0.29) is 5.71 Å². The smallest absolute Gasteiger partial charge is 0.359 e. The van der Waals surface area contributed by atoms with Crippen molar-refractivity contribution in [1.29, 1.82) is 0 Å². The fourth-order valence-corrected chi connectivity index (χ4v) is 1.78. The van der Waals surface area contributed by atoms with E-state index < -0.39 is 5.97 Å². The van der Waals surface area contributed by atoms with Gasteiger partial charge in [0.1, 0.15) is 0 Å². The Bertz CT molecular complexity index is 643. The molecular weight excluding hydrogens is 264 g/mol. The molecule has 0 aliphatic carbocycles. The number of nitrogens with one attached hydrogen (secondary N) is 1. The van der Waals surface area contributed by atoms with E-state index >= 15 is 0 Å². The Morgan fingerprint density at radius 2 is 1.48 bits per heavy atom. The number of anilines is 1. The van der Waals surface area contributed by atoms with Gasteiger partial charge in [0.25, 0.3) is 0 Å². The molecule has 0 radical (unpaired) electrons. The maximum absolute atomic E-state index is 11.9. The quantitative estimate of drug-likeness (QED) is 0.532. The molecule has 0 saturated carbocycles. The fourth-order valence-electron chi connectivity index (χ4n) is 1.78. The van der Waals surface area contributed by atoms with Gasteiger partial charge in [-0.05, 0) is 26.0 Å². The molecule has 0 fully saturated rings. The Labute approximate surface area is 124 Å². The first kappa shape index (κ1) is 14.8. The van der Waals surface area contributed by atoms with Crippen LogP contribution in [-0.2, 0) is 9.53 Å². The number of carbonyl (C=O) groups is 1. The summed E-state index contributed by atoms with van der Waals surface area (Å²) >= 11 is 0. The van der Waals surface area contributed by atoms with Crippen LogP contribution in [0.1, 0.15) is 16.7 Å². The van der Waals surface area contributed by atoms with E-state index in [4.69, 9.17) is 4.74 Å². The van der Waals surface area contributed by atoms with Crippen LogP contribution >= 0.6 is 0 Å². The number of hydrazone groups is 1. The van der Waals surface area contributed by atoms with E-state index in [0.29, 0.717) is 5.56 Å². The molecule has 21 heavy (non-hydrogen) atoms. The Balaban J connectivity index is 2.27. The molecule has 0 atom stereocenters. The minimum atomic E-state index is -0.474. The summed E-state index contributed by atoms with van der Waals surface area (Å²) < 4.78 is 4.79. The number of nitrogens with zero attached hydrogens (tertiary/aromatic N) is 1. The van der Waals surface area contributed by atoms with Crippen molar-refractivity contribution in [2.45, 2.75) is 13.8 Å². The van der Waals surface area contributed by atoms with Crippen molar-refractivity contribution in [2.24, 2.45) is 5.10 Å². The molecule has 1 N–H and O–H groups in total. The van der Waals surface area contributed by atoms with Crippen LogP contribution in [0, 0.1) is 13.8 Å². The second-order valence-corrected chi connectivity index (χ2v) is 4.80. The van der Waals surface area contributed by atoms with Crippen LogP contribution in [0.5, 0.6) is 0 Å². The van der Waals surface area contributed by atoms with Crippen molar-refractivity contribution < 1.29 is 9.53 Å². The van der Waals surface area contributed by atoms with Crippen molar-refractivity contribution in [1.82, 2.24) is 0 Å². The number of hydrogen-bond donors (Lipinski definition) is 1. The number of aryl methyl sites for hydroxylation is 2. The van der Waals surface area contributed by atoms with E-state index in [1.165, 1.54) is 7.11 Å². The lowest BCUT2D eigenvalue weighted by molar-refractivity contribution is -0.132. The zero-order valence-corrected chi connectivity index (χ0v) is 12.4. The topological polar surface area (TPSA) is 50.7 Å². The SMILES string of the molecule is COC(=O)/C(=N/Nc1ccc(C)cc1)c1ccc(C)cc1. The lowest BCUT2D eigenvalue weighted by Crippen LogP contribution is -2.18. The van der Waals surface area contributed by atoms with Crippen molar-refractivity contribution in [3.63, 3.8) is 0 Å². The summed E-state index contributed by atoms with van der Waals surface area (Å²) in [6.45, 7) is 4.00. The molecule has 4 nitrogen and oxygen atoms in total. The number of hydrogen-bond acceptors (Lipinski definition) is 4. The maximum atomic E-state index is 11.9. The van der Waals surface area contributed by atoms with Crippen molar-refractivity contribution in [2.75, 3.05) is 12.5 Å². The van der Waals surface area contributed by atoms with Gasteiger partial charge < -0.3 is 4.74 Å². The van der Waals surface area contributed by atoms with E-state index in [9.17, 15) is 4.79 Å². The Kier molecular flexibility index (Phi) is 4.72. The van der Waals surface area contributed by atoms with Gasteiger partial charge in [0, 0.05) is 5.56 Å². The lowest BCUT2D eigenvalue weighted by atomic mass is 10.1. The number of ether oxygens (including phenoxy) is 1. The summed E-state index contributed by atoms with van der Waals surface area (Å²) in [5, 5.41) is 4.19. The van der Waals surface area contributed by atoms with Gasteiger partial charge in [-0.2, -0.15) is 5.10 Å². The molecule has 0 saturated heterocycles. The average molecular weight is 282 g/mol. The zero-order chi connectivity index (χ0) is 15.2. The van der Waals surface area contributed by atoms with E-state index in [1.807, 2.05) is 62.4 Å². The number of carbonyl (C=O) groups excluding carboxylic acids is 1. The van der Waals surface area contributed by atoms with Crippen molar-refractivity contribution in [3.8, 4) is 0 Å². The molecule has 2 aromatic carbocycles. The number of rotatable bonds is 4. The fraction of sp³-hybridized carbons (Fsp3) is 0.176. The minimum Gasteiger partial charge on any atom is -0.464 e. The van der Waals surface area contributed by atoms with Gasteiger partial charge >= 0.3 is 5.97 Å². The van der Waals surface area contributed by atoms with Gasteiger partial charge in [-0.25, -0.2) is 4.79 Å². The third-order valence-corrected chi connectivity index (χ3v) is 3.05. The summed E-state index contributed by atoms with van der Waals surface area (Å²) in [6, 6.07) is 15.3. The minimum absolute atomic E-state index is 0.248. The largest absolute Gasteiger partial charge is 0.464 e. The van der Waals surface area contributed by atoms with Gasteiger partial charge in [0.15, 0.2) is 5.71 Å². The predicted molar refractivity (Wildman–Crippen MR) is 84.5 cm³/mol. The first-order valence-electron chi connectivity index (χ1n) is 6.66. The number of benzene rings is 2. The molecule has 0 aliphatic heterocycles. The maximum Gasteiger partial charge on any atom is 0.359 e. The molecule has 108 valence electrons. The van der Waals surface area contributed by atoms with Gasteiger partial charge in [0.2, 0.25) is 0 Å². The Morgan fingerprint density at radius 1 is 0.952 bits per heavy atom. The highest BCUT2D eigenvalue weighted by atomic mass is 16.5. The van der Waals surface area contributed by atoms with Crippen LogP contribution in [0.15, 0.2) is 53.6 Å². The summed E-state index contributed by atoms with van der Waals surface area (Å²) in [7, 11) is 1.35. The molecule has 0 bridgehead atoms. The summed E-state index contributed by atoms with van der Waals surface area (Å²) in [5.41, 5.74) is 6.95. The molecule has 2 rings (SSSR count). The van der Waals surface area contributed by atoms with Gasteiger partial charge in [-0.1, -0.05) is 47.5 Å². The molecule has 0 unspecified atom stereocenters. The van der Waals surface area contributed by atoms with Gasteiger partial charge in [-0.3, -0.25) is 5.43 Å². The monoisotopic (exact) mass is 282 g/mol. The van der Waals surface area contributed by atoms with Crippen molar-refractivity contribution in [3.05, 3.63) is 65.2 Å². The van der Waals surface area contributed by atoms with Crippen LogP contribution in [0.2, 0.25) is 0 Å². The van der Waals surface area contributed by atoms with Gasteiger partial charge in [-0.15, -0.1) is 0 Å². The van der Waals surface area contributed by atoms with E-state index in [2.05, 4.69) is 10.5 Å². The lowest BCUT2D eigenvalue weighted by Gasteiger charge is -2.07. The molecule has 0 amide bonds. The van der Waals surface area contributed by atoms with Crippen LogP contribution in [-0.4, -0.2) is 18.8 Å².